The fourth-order valence-electron chi connectivity index (χ4n) is 4.15. The molecule has 0 atom stereocenters. The highest BCUT2D eigenvalue weighted by Crippen LogP contribution is 2.28. The van der Waals surface area contributed by atoms with E-state index in [2.05, 4.69) is 22.1 Å². The second-order valence-corrected chi connectivity index (χ2v) is 9.91. The van der Waals surface area contributed by atoms with Gasteiger partial charge in [-0.3, -0.25) is 14.4 Å². The molecule has 1 amide bonds. The van der Waals surface area contributed by atoms with E-state index < -0.39 is 11.6 Å². The minimum absolute atomic E-state index is 0.158. The molecule has 3 rings (SSSR count). The first kappa shape index (κ1) is 27.4. The van der Waals surface area contributed by atoms with Gasteiger partial charge in [-0.15, -0.1) is 0 Å². The number of carbonyl (C=O) groups excluding carboxylic acids is 2. The molecule has 0 saturated heterocycles. The van der Waals surface area contributed by atoms with Crippen LogP contribution < -0.4 is 5.32 Å². The van der Waals surface area contributed by atoms with Crippen molar-refractivity contribution in [2.45, 2.75) is 58.1 Å². The molecule has 9 heteroatoms. The standard InChI is InChI=1S/C27H32ClN3O5/c1-27(2,36-3)14-12-22-23(24(33)29-16-19-8-10-21(11-9-19)25(34)35)31(26(28)30-22)15-13-18-4-6-20(17-32)7-5-18/h4-7,17,19,21H,8-11,13,15-16H2,1-3H3,(H,29,33)(H,34,35). The van der Waals surface area contributed by atoms with Crippen molar-refractivity contribution < 1.29 is 24.2 Å². The van der Waals surface area contributed by atoms with Crippen molar-refractivity contribution in [3.8, 4) is 11.8 Å². The number of hydrogen-bond donors (Lipinski definition) is 2. The van der Waals surface area contributed by atoms with E-state index in [4.69, 9.17) is 16.3 Å². The Morgan fingerprint density at radius 3 is 2.50 bits per heavy atom. The van der Waals surface area contributed by atoms with Crippen LogP contribution in [-0.2, 0) is 22.5 Å². The fourth-order valence-corrected chi connectivity index (χ4v) is 4.40. The lowest BCUT2D eigenvalue weighted by molar-refractivity contribution is -0.143. The highest BCUT2D eigenvalue weighted by molar-refractivity contribution is 6.29. The molecule has 1 aliphatic rings. The lowest BCUT2D eigenvalue weighted by atomic mass is 9.82. The van der Waals surface area contributed by atoms with E-state index in [-0.39, 0.29) is 34.4 Å². The summed E-state index contributed by atoms with van der Waals surface area (Å²) in [5.74, 6) is 4.79. The molecule has 1 aromatic heterocycles. The van der Waals surface area contributed by atoms with Crippen molar-refractivity contribution in [3.05, 3.63) is 52.1 Å². The lowest BCUT2D eigenvalue weighted by Crippen LogP contribution is -2.34. The summed E-state index contributed by atoms with van der Waals surface area (Å²) in [7, 11) is 1.56. The number of aldehydes is 1. The molecule has 8 nitrogen and oxygen atoms in total. The average Bonchev–Trinajstić information content (AvgIpc) is 3.20. The molecular formula is C27H32ClN3O5. The van der Waals surface area contributed by atoms with Gasteiger partial charge in [0.1, 0.15) is 23.3 Å². The number of benzene rings is 1. The average molecular weight is 514 g/mol. The van der Waals surface area contributed by atoms with Crippen LogP contribution in [-0.4, -0.2) is 52.1 Å². The quantitative estimate of drug-likeness (QED) is 0.387. The zero-order valence-corrected chi connectivity index (χ0v) is 21.6. The number of aromatic nitrogens is 2. The maximum atomic E-state index is 13.3. The summed E-state index contributed by atoms with van der Waals surface area (Å²) in [6.45, 7) is 4.47. The van der Waals surface area contributed by atoms with Crippen molar-refractivity contribution in [1.29, 1.82) is 0 Å². The van der Waals surface area contributed by atoms with Crippen LogP contribution in [0, 0.1) is 23.7 Å². The molecule has 1 fully saturated rings. The van der Waals surface area contributed by atoms with Crippen LogP contribution in [0.4, 0.5) is 0 Å². The van der Waals surface area contributed by atoms with Crippen molar-refractivity contribution >= 4 is 29.8 Å². The highest BCUT2D eigenvalue weighted by atomic mass is 35.5. The van der Waals surface area contributed by atoms with Crippen LogP contribution in [0.5, 0.6) is 0 Å². The number of carboxylic acids is 1. The van der Waals surface area contributed by atoms with E-state index in [9.17, 15) is 19.5 Å². The molecular weight excluding hydrogens is 482 g/mol. The van der Waals surface area contributed by atoms with E-state index in [0.29, 0.717) is 37.9 Å². The zero-order valence-electron chi connectivity index (χ0n) is 20.8. The van der Waals surface area contributed by atoms with Gasteiger partial charge in [0.25, 0.3) is 5.91 Å². The van der Waals surface area contributed by atoms with Gasteiger partial charge in [-0.2, -0.15) is 0 Å². The van der Waals surface area contributed by atoms with Gasteiger partial charge in [-0.05, 0) is 75.0 Å². The van der Waals surface area contributed by atoms with E-state index in [1.165, 1.54) is 0 Å². The first-order chi connectivity index (χ1) is 17.1. The zero-order chi connectivity index (χ0) is 26.3. The number of hydrogen-bond acceptors (Lipinski definition) is 5. The van der Waals surface area contributed by atoms with E-state index in [0.717, 1.165) is 24.7 Å². The van der Waals surface area contributed by atoms with Gasteiger partial charge in [-0.1, -0.05) is 30.2 Å². The second-order valence-electron chi connectivity index (χ2n) is 9.57. The molecule has 1 saturated carbocycles. The number of aryl methyl sites for hydroxylation is 1. The van der Waals surface area contributed by atoms with Crippen molar-refractivity contribution in [2.75, 3.05) is 13.7 Å². The Hall–Kier alpha value is -3.15. The Labute approximate surface area is 216 Å². The van der Waals surface area contributed by atoms with Crippen LogP contribution in [0.15, 0.2) is 24.3 Å². The maximum absolute atomic E-state index is 13.3. The first-order valence-electron chi connectivity index (χ1n) is 12.0. The van der Waals surface area contributed by atoms with Gasteiger partial charge in [-0.25, -0.2) is 4.98 Å². The number of amides is 1. The van der Waals surface area contributed by atoms with E-state index >= 15 is 0 Å². The SMILES string of the molecule is COC(C)(C)C#Cc1nc(Cl)n(CCc2ccc(C=O)cc2)c1C(=O)NCC1CCC(C(=O)O)CC1. The van der Waals surface area contributed by atoms with Crippen LogP contribution in [0.2, 0.25) is 5.28 Å². The number of halogens is 1. The maximum Gasteiger partial charge on any atom is 0.306 e. The number of methoxy groups -OCH3 is 1. The minimum Gasteiger partial charge on any atom is -0.481 e. The van der Waals surface area contributed by atoms with E-state index in [1.54, 1.807) is 23.8 Å². The summed E-state index contributed by atoms with van der Waals surface area (Å²) in [6.07, 6.45) is 4.10. The smallest absolute Gasteiger partial charge is 0.306 e. The Bertz CT molecular complexity index is 1150. The van der Waals surface area contributed by atoms with Gasteiger partial charge in [0, 0.05) is 25.8 Å². The fraction of sp³-hybridized carbons (Fsp3) is 0.481. The molecule has 2 aromatic rings. The third-order valence-electron chi connectivity index (χ3n) is 6.62. The monoisotopic (exact) mass is 513 g/mol. The Morgan fingerprint density at radius 2 is 1.92 bits per heavy atom. The van der Waals surface area contributed by atoms with Crippen molar-refractivity contribution in [1.82, 2.24) is 14.9 Å². The summed E-state index contributed by atoms with van der Waals surface area (Å²) in [5, 5.41) is 12.4. The molecule has 0 radical (unpaired) electrons. The Kier molecular flexibility index (Phi) is 9.30. The summed E-state index contributed by atoms with van der Waals surface area (Å²) >= 11 is 6.46. The van der Waals surface area contributed by atoms with Gasteiger partial charge >= 0.3 is 5.97 Å². The first-order valence-corrected chi connectivity index (χ1v) is 12.4. The highest BCUT2D eigenvalue weighted by Gasteiger charge is 2.27. The summed E-state index contributed by atoms with van der Waals surface area (Å²) in [5.41, 5.74) is 1.40. The van der Waals surface area contributed by atoms with Gasteiger partial charge in [0.05, 0.1) is 5.92 Å². The predicted molar refractivity (Wildman–Crippen MR) is 136 cm³/mol. The Balaban J connectivity index is 1.79. The number of nitrogens with zero attached hydrogens (tertiary/aromatic N) is 2. The normalized spacial score (nSPS) is 17.7. The number of carbonyl (C=O) groups is 3. The van der Waals surface area contributed by atoms with Crippen LogP contribution >= 0.6 is 11.6 Å². The van der Waals surface area contributed by atoms with Crippen LogP contribution in [0.3, 0.4) is 0 Å². The summed E-state index contributed by atoms with van der Waals surface area (Å²) < 4.78 is 7.01. The number of imidazole rings is 1. The molecule has 1 aliphatic carbocycles. The molecule has 0 spiro atoms. The van der Waals surface area contributed by atoms with Gasteiger partial charge in [0.2, 0.25) is 5.28 Å². The lowest BCUT2D eigenvalue weighted by Gasteiger charge is -2.26. The van der Waals surface area contributed by atoms with Gasteiger partial charge in [0.15, 0.2) is 0 Å². The van der Waals surface area contributed by atoms with Crippen molar-refractivity contribution in [2.24, 2.45) is 11.8 Å². The molecule has 36 heavy (non-hydrogen) atoms. The van der Waals surface area contributed by atoms with E-state index in [1.807, 2.05) is 26.0 Å². The molecule has 0 bridgehead atoms. The minimum atomic E-state index is -0.751. The largest absolute Gasteiger partial charge is 0.481 e. The predicted octanol–water partition coefficient (Wildman–Crippen LogP) is 3.99. The summed E-state index contributed by atoms with van der Waals surface area (Å²) in [4.78, 5) is 39.8. The number of rotatable bonds is 9. The molecule has 192 valence electrons. The number of nitrogens with one attached hydrogen (secondary N) is 1. The summed E-state index contributed by atoms with van der Waals surface area (Å²) in [6, 6.07) is 7.22. The number of carboxylic acid groups (broad SMARTS) is 1. The Morgan fingerprint density at radius 1 is 1.25 bits per heavy atom. The van der Waals surface area contributed by atoms with Crippen molar-refractivity contribution in [3.63, 3.8) is 0 Å². The third kappa shape index (κ3) is 7.19. The molecule has 0 unspecified atom stereocenters. The number of ether oxygens (including phenoxy) is 1. The number of aliphatic carboxylic acids is 1. The van der Waals surface area contributed by atoms with Crippen LogP contribution in [0.1, 0.15) is 71.6 Å². The third-order valence-corrected chi connectivity index (χ3v) is 6.90. The second kappa shape index (κ2) is 12.2. The van der Waals surface area contributed by atoms with Gasteiger partial charge < -0.3 is 19.7 Å². The molecule has 0 aliphatic heterocycles. The van der Waals surface area contributed by atoms with Crippen LogP contribution in [0.25, 0.3) is 0 Å². The molecule has 1 heterocycles. The topological polar surface area (TPSA) is 111 Å². The molecule has 1 aromatic carbocycles. The molecule has 2 N–H and O–H groups in total.